The van der Waals surface area contributed by atoms with Crippen molar-refractivity contribution in [3.8, 4) is 0 Å². The third-order valence-corrected chi connectivity index (χ3v) is 5.97. The Morgan fingerprint density at radius 2 is 1.96 bits per heavy atom. The molecule has 2 heterocycles. The molecular weight excluding hydrogens is 533 g/mol. The number of aromatic nitrogens is 2. The van der Waals surface area contributed by atoms with E-state index in [4.69, 9.17) is 0 Å². The first-order chi connectivity index (χ1) is 13.4. The maximum Gasteiger partial charge on any atom is 0.261 e. The first kappa shape index (κ1) is 19.3. The van der Waals surface area contributed by atoms with Gasteiger partial charge in [-0.2, -0.15) is 0 Å². The summed E-state index contributed by atoms with van der Waals surface area (Å²) in [4.78, 5) is 32.3. The van der Waals surface area contributed by atoms with Crippen LogP contribution < -0.4 is 10.5 Å². The predicted molar refractivity (Wildman–Crippen MR) is 124 cm³/mol. The number of carbonyl (C=O) groups excluding carboxylic acids is 1. The molecule has 0 unspecified atom stereocenters. The van der Waals surface area contributed by atoms with Gasteiger partial charge in [0.2, 0.25) is 0 Å². The van der Waals surface area contributed by atoms with E-state index in [1.165, 1.54) is 4.57 Å². The van der Waals surface area contributed by atoms with Gasteiger partial charge in [-0.3, -0.25) is 14.2 Å². The minimum absolute atomic E-state index is 0.0630. The van der Waals surface area contributed by atoms with E-state index in [0.717, 1.165) is 25.7 Å². The first-order valence-corrected chi connectivity index (χ1v) is 10.8. The summed E-state index contributed by atoms with van der Waals surface area (Å²) in [7, 11) is 1.69. The number of halogens is 2. The highest BCUT2D eigenvalue weighted by molar-refractivity contribution is 14.1. The van der Waals surface area contributed by atoms with Crippen LogP contribution in [0.15, 0.2) is 45.7 Å². The summed E-state index contributed by atoms with van der Waals surface area (Å²) in [6.45, 7) is 2.69. The van der Waals surface area contributed by atoms with Gasteiger partial charge in [0.15, 0.2) is 0 Å². The monoisotopic (exact) mass is 549 g/mol. The highest BCUT2D eigenvalue weighted by Gasteiger charge is 2.32. The van der Waals surface area contributed by atoms with Crippen molar-refractivity contribution in [1.29, 1.82) is 0 Å². The molecule has 0 saturated heterocycles. The zero-order chi connectivity index (χ0) is 20.0. The highest BCUT2D eigenvalue weighted by Crippen LogP contribution is 2.39. The lowest BCUT2D eigenvalue weighted by Gasteiger charge is -2.15. The van der Waals surface area contributed by atoms with Crippen LogP contribution in [0.4, 0.5) is 5.69 Å². The third kappa shape index (κ3) is 3.20. The van der Waals surface area contributed by atoms with Crippen LogP contribution in [0.1, 0.15) is 24.7 Å². The van der Waals surface area contributed by atoms with E-state index in [0.29, 0.717) is 28.8 Å². The molecule has 3 aromatic rings. The Morgan fingerprint density at radius 1 is 1.18 bits per heavy atom. The Morgan fingerprint density at radius 3 is 2.71 bits per heavy atom. The van der Waals surface area contributed by atoms with Crippen molar-refractivity contribution in [3.63, 3.8) is 0 Å². The van der Waals surface area contributed by atoms with Gasteiger partial charge in [-0.1, -0.05) is 22.9 Å². The second-order valence-corrected chi connectivity index (χ2v) is 8.83. The molecule has 7 heteroatoms. The molecule has 0 N–H and O–H groups in total. The fourth-order valence-corrected chi connectivity index (χ4v) is 4.29. The van der Waals surface area contributed by atoms with Gasteiger partial charge in [-0.25, -0.2) is 4.98 Å². The lowest BCUT2D eigenvalue weighted by Crippen LogP contribution is -2.27. The van der Waals surface area contributed by atoms with Crippen molar-refractivity contribution in [2.24, 2.45) is 7.05 Å². The van der Waals surface area contributed by atoms with Crippen molar-refractivity contribution in [2.45, 2.75) is 13.3 Å². The van der Waals surface area contributed by atoms with Crippen molar-refractivity contribution < 1.29 is 4.79 Å². The summed E-state index contributed by atoms with van der Waals surface area (Å²) < 4.78 is 3.38. The molecule has 2 aromatic carbocycles. The van der Waals surface area contributed by atoms with E-state index in [2.05, 4.69) is 43.5 Å². The molecule has 1 aromatic heterocycles. The Labute approximate surface area is 184 Å². The zero-order valence-electron chi connectivity index (χ0n) is 15.4. The fraction of sp³-hybridized carbons (Fsp3) is 0.190. The number of amides is 1. The summed E-state index contributed by atoms with van der Waals surface area (Å²) >= 11 is 5.67. The lowest BCUT2D eigenvalue weighted by atomic mass is 10.1. The molecule has 0 saturated carbocycles. The summed E-state index contributed by atoms with van der Waals surface area (Å²) in [5.41, 5.74) is 2.80. The lowest BCUT2D eigenvalue weighted by molar-refractivity contribution is -0.113. The minimum Gasteiger partial charge on any atom is -0.308 e. The van der Waals surface area contributed by atoms with Crippen LogP contribution in [-0.2, 0) is 11.8 Å². The Bertz CT molecular complexity index is 1220. The molecule has 1 aliphatic rings. The second-order valence-electron chi connectivity index (χ2n) is 6.67. The van der Waals surface area contributed by atoms with Gasteiger partial charge < -0.3 is 4.90 Å². The number of fused-ring (bicyclic) bond motifs is 2. The molecule has 4 rings (SSSR count). The number of nitrogens with zero attached hydrogens (tertiary/aromatic N) is 3. The first-order valence-electron chi connectivity index (χ1n) is 8.90. The van der Waals surface area contributed by atoms with Crippen LogP contribution in [0.25, 0.3) is 22.6 Å². The average molecular weight is 550 g/mol. The van der Waals surface area contributed by atoms with E-state index in [1.807, 2.05) is 43.3 Å². The number of rotatable bonds is 3. The van der Waals surface area contributed by atoms with E-state index >= 15 is 0 Å². The number of benzene rings is 2. The minimum atomic E-state index is -0.124. The Balaban J connectivity index is 1.93. The normalized spacial score (nSPS) is 14.9. The highest BCUT2D eigenvalue weighted by atomic mass is 127. The van der Waals surface area contributed by atoms with Gasteiger partial charge in [0.1, 0.15) is 5.82 Å². The molecule has 0 radical (unpaired) electrons. The molecule has 0 aliphatic carbocycles. The molecule has 1 amide bonds. The van der Waals surface area contributed by atoms with Gasteiger partial charge in [0, 0.05) is 27.2 Å². The topological polar surface area (TPSA) is 55.2 Å². The second kappa shape index (κ2) is 7.44. The maximum absolute atomic E-state index is 13.1. The molecule has 28 heavy (non-hydrogen) atoms. The maximum atomic E-state index is 13.1. The third-order valence-electron chi connectivity index (χ3n) is 4.81. The SMILES string of the molecule is CCCN1C(=O)/C(=C\c2nc3ccc(I)cc3c(=O)n2C)c2cc(Br)ccc21. The molecule has 0 bridgehead atoms. The fourth-order valence-electron chi connectivity index (χ4n) is 3.43. The molecule has 0 fully saturated rings. The van der Waals surface area contributed by atoms with Gasteiger partial charge >= 0.3 is 0 Å². The smallest absolute Gasteiger partial charge is 0.261 e. The Kier molecular flexibility index (Phi) is 5.13. The molecule has 1 aliphatic heterocycles. The Hall–Kier alpha value is -2.00. The molecule has 0 atom stereocenters. The summed E-state index contributed by atoms with van der Waals surface area (Å²) in [6.07, 6.45) is 2.59. The molecular formula is C21H17BrIN3O2. The molecule has 142 valence electrons. The molecule has 5 nitrogen and oxygen atoms in total. The summed E-state index contributed by atoms with van der Waals surface area (Å²) in [5, 5.41) is 0.574. The van der Waals surface area contributed by atoms with Gasteiger partial charge in [-0.05, 0) is 71.5 Å². The molecule has 0 spiro atoms. The van der Waals surface area contributed by atoms with Crippen molar-refractivity contribution in [2.75, 3.05) is 11.4 Å². The van der Waals surface area contributed by atoms with E-state index in [9.17, 15) is 9.59 Å². The van der Waals surface area contributed by atoms with Crippen LogP contribution in [0.5, 0.6) is 0 Å². The van der Waals surface area contributed by atoms with E-state index in [1.54, 1.807) is 18.0 Å². The summed E-state index contributed by atoms with van der Waals surface area (Å²) in [5.74, 6) is 0.401. The van der Waals surface area contributed by atoms with Crippen molar-refractivity contribution in [1.82, 2.24) is 9.55 Å². The average Bonchev–Trinajstić information content (AvgIpc) is 2.92. The van der Waals surface area contributed by atoms with Gasteiger partial charge in [-0.15, -0.1) is 0 Å². The van der Waals surface area contributed by atoms with Gasteiger partial charge in [0.25, 0.3) is 11.5 Å². The van der Waals surface area contributed by atoms with Gasteiger partial charge in [0.05, 0.1) is 22.2 Å². The summed E-state index contributed by atoms with van der Waals surface area (Å²) in [6, 6.07) is 11.4. The quantitative estimate of drug-likeness (QED) is 0.354. The van der Waals surface area contributed by atoms with Crippen LogP contribution in [0.2, 0.25) is 0 Å². The number of hydrogen-bond acceptors (Lipinski definition) is 3. The standard InChI is InChI=1S/C21H17BrIN3O2/c1-3-8-26-18-7-4-12(22)9-14(18)15(21(26)28)11-19-24-17-6-5-13(23)10-16(17)20(27)25(19)2/h4-7,9-11H,3,8H2,1-2H3/b15-11-. The van der Waals surface area contributed by atoms with Crippen molar-refractivity contribution in [3.05, 3.63) is 66.2 Å². The van der Waals surface area contributed by atoms with Crippen LogP contribution >= 0.6 is 38.5 Å². The predicted octanol–water partition coefficient (Wildman–Crippen LogP) is 4.60. The van der Waals surface area contributed by atoms with Crippen LogP contribution in [0, 0.1) is 3.57 Å². The van der Waals surface area contributed by atoms with Crippen molar-refractivity contribution >= 4 is 72.7 Å². The zero-order valence-corrected chi connectivity index (χ0v) is 19.1. The number of hydrogen-bond donors (Lipinski definition) is 0. The number of anilines is 1. The largest absolute Gasteiger partial charge is 0.308 e. The van der Waals surface area contributed by atoms with Crippen LogP contribution in [0.3, 0.4) is 0 Å². The van der Waals surface area contributed by atoms with E-state index in [-0.39, 0.29) is 11.5 Å². The van der Waals surface area contributed by atoms with Crippen LogP contribution in [-0.4, -0.2) is 22.0 Å². The number of carbonyl (C=O) groups is 1. The van der Waals surface area contributed by atoms with E-state index < -0.39 is 0 Å².